The van der Waals surface area contributed by atoms with E-state index in [1.807, 2.05) is 13.8 Å². The molecule has 0 spiro atoms. The minimum Gasteiger partial charge on any atom is -0.473 e. The number of carbonyl (C=O) groups excluding carboxylic acids is 1. The summed E-state index contributed by atoms with van der Waals surface area (Å²) >= 11 is 0. The van der Waals surface area contributed by atoms with Crippen LogP contribution in [0.2, 0.25) is 0 Å². The van der Waals surface area contributed by atoms with E-state index in [1.165, 1.54) is 0 Å². The van der Waals surface area contributed by atoms with Crippen LogP contribution in [-0.2, 0) is 14.3 Å². The molecule has 0 bridgehead atoms. The second kappa shape index (κ2) is 6.94. The molecule has 0 aliphatic heterocycles. The number of esters is 1. The molecule has 54 valence electrons. The fourth-order valence-electron chi connectivity index (χ4n) is 0.0873. The van der Waals surface area contributed by atoms with Gasteiger partial charge in [-0.25, -0.2) is 9.59 Å². The van der Waals surface area contributed by atoms with Gasteiger partial charge in [-0.3, -0.25) is 0 Å². The molecule has 0 fully saturated rings. The maximum Gasteiger partial charge on any atom is 0.417 e. The van der Waals surface area contributed by atoms with Crippen LogP contribution < -0.4 is 0 Å². The average Bonchev–Trinajstić information content (AvgIpc) is 1.91. The number of rotatable bonds is 0. The van der Waals surface area contributed by atoms with Gasteiger partial charge in [0, 0.05) is 0 Å². The zero-order valence-corrected chi connectivity index (χ0v) is 5.67. The van der Waals surface area contributed by atoms with Gasteiger partial charge in [0.2, 0.25) is 0 Å². The van der Waals surface area contributed by atoms with Crippen LogP contribution in [0.15, 0.2) is 0 Å². The molecule has 0 saturated carbocycles. The van der Waals surface area contributed by atoms with Crippen molar-refractivity contribution < 1.29 is 19.4 Å². The lowest BCUT2D eigenvalue weighted by Gasteiger charge is -1.85. The lowest BCUT2D eigenvalue weighted by molar-refractivity contribution is -0.161. The van der Waals surface area contributed by atoms with E-state index in [9.17, 15) is 9.59 Å². The first-order chi connectivity index (χ1) is 4.18. The second-order valence-corrected chi connectivity index (χ2v) is 0.797. The highest BCUT2D eigenvalue weighted by molar-refractivity contribution is 6.28. The zero-order chi connectivity index (χ0) is 7.86. The van der Waals surface area contributed by atoms with Gasteiger partial charge in [0.15, 0.2) is 0 Å². The predicted octanol–water partition coefficient (Wildman–Crippen LogP) is 0.270. The van der Waals surface area contributed by atoms with Gasteiger partial charge in [-0.2, -0.15) is 0 Å². The highest BCUT2D eigenvalue weighted by Gasteiger charge is 2.08. The Balaban J connectivity index is 0. The summed E-state index contributed by atoms with van der Waals surface area (Å²) in [4.78, 5) is 19.1. The molecule has 0 aromatic heterocycles. The van der Waals surface area contributed by atoms with Crippen molar-refractivity contribution in [1.82, 2.24) is 0 Å². The molecule has 4 nitrogen and oxygen atoms in total. The molecular formula is C5H10O4. The first-order valence-electron chi connectivity index (χ1n) is 2.49. The van der Waals surface area contributed by atoms with E-state index in [0.29, 0.717) is 0 Å². The fourth-order valence-corrected chi connectivity index (χ4v) is 0.0873. The van der Waals surface area contributed by atoms with Gasteiger partial charge < -0.3 is 9.84 Å². The summed E-state index contributed by atoms with van der Waals surface area (Å²) in [6.45, 7) is 4.00. The molecule has 0 heterocycles. The van der Waals surface area contributed by atoms with Crippen molar-refractivity contribution in [3.63, 3.8) is 0 Å². The lowest BCUT2D eigenvalue weighted by Crippen LogP contribution is -2.13. The summed E-state index contributed by atoms with van der Waals surface area (Å²) in [7, 11) is 1.01. The number of aliphatic carboxylic acids is 1. The van der Waals surface area contributed by atoms with Crippen molar-refractivity contribution in [1.29, 1.82) is 0 Å². The zero-order valence-electron chi connectivity index (χ0n) is 5.67. The Kier molecular flexibility index (Phi) is 8.36. The first kappa shape index (κ1) is 10.8. The van der Waals surface area contributed by atoms with E-state index >= 15 is 0 Å². The van der Waals surface area contributed by atoms with E-state index in [4.69, 9.17) is 5.11 Å². The quantitative estimate of drug-likeness (QED) is 0.381. The average molecular weight is 134 g/mol. The SMILES string of the molecule is CC.COC(=O)C(=O)O. The monoisotopic (exact) mass is 134 g/mol. The lowest BCUT2D eigenvalue weighted by atomic mass is 10.7. The minimum atomic E-state index is -1.57. The van der Waals surface area contributed by atoms with Crippen LogP contribution in [0, 0.1) is 0 Å². The molecule has 0 rings (SSSR count). The molecule has 1 N–H and O–H groups in total. The van der Waals surface area contributed by atoms with Gasteiger partial charge in [0.1, 0.15) is 0 Å². The van der Waals surface area contributed by atoms with E-state index in [2.05, 4.69) is 4.74 Å². The molecule has 0 amide bonds. The molecule has 0 unspecified atom stereocenters. The largest absolute Gasteiger partial charge is 0.473 e. The van der Waals surface area contributed by atoms with Crippen molar-refractivity contribution >= 4 is 11.9 Å². The number of carboxylic acids is 1. The van der Waals surface area contributed by atoms with Gasteiger partial charge in [-0.05, 0) is 0 Å². The van der Waals surface area contributed by atoms with Crippen molar-refractivity contribution in [3.8, 4) is 0 Å². The normalized spacial score (nSPS) is 6.56. The van der Waals surface area contributed by atoms with Crippen molar-refractivity contribution in [2.75, 3.05) is 7.11 Å². The van der Waals surface area contributed by atoms with Crippen LogP contribution in [0.5, 0.6) is 0 Å². The molecular weight excluding hydrogens is 124 g/mol. The summed E-state index contributed by atoms with van der Waals surface area (Å²) in [6, 6.07) is 0. The highest BCUT2D eigenvalue weighted by atomic mass is 16.5. The summed E-state index contributed by atoms with van der Waals surface area (Å²) in [6.07, 6.45) is 0. The van der Waals surface area contributed by atoms with E-state index in [-0.39, 0.29) is 0 Å². The van der Waals surface area contributed by atoms with Gasteiger partial charge in [-0.1, -0.05) is 13.8 Å². The predicted molar refractivity (Wildman–Crippen MR) is 31.0 cm³/mol. The summed E-state index contributed by atoms with van der Waals surface area (Å²) in [5.74, 6) is -2.80. The third-order valence-electron chi connectivity index (χ3n) is 0.360. The fraction of sp³-hybridized carbons (Fsp3) is 0.600. The first-order valence-corrected chi connectivity index (χ1v) is 2.49. The van der Waals surface area contributed by atoms with Crippen molar-refractivity contribution in [2.45, 2.75) is 13.8 Å². The Hall–Kier alpha value is -1.06. The Morgan fingerprint density at radius 3 is 1.67 bits per heavy atom. The van der Waals surface area contributed by atoms with Crippen LogP contribution in [0.25, 0.3) is 0 Å². The summed E-state index contributed by atoms with van der Waals surface area (Å²) in [5, 5.41) is 7.71. The van der Waals surface area contributed by atoms with E-state index in [1.54, 1.807) is 0 Å². The molecule has 0 aliphatic rings. The summed E-state index contributed by atoms with van der Waals surface area (Å²) < 4.78 is 3.77. The minimum absolute atomic E-state index is 1.01. The standard InChI is InChI=1S/C3H4O4.C2H6/c1-7-3(6)2(4)5;1-2/h1H3,(H,4,5);1-2H3. The van der Waals surface area contributed by atoms with E-state index in [0.717, 1.165) is 7.11 Å². The molecule has 9 heavy (non-hydrogen) atoms. The van der Waals surface area contributed by atoms with E-state index < -0.39 is 11.9 Å². The molecule has 0 aromatic rings. The Morgan fingerprint density at radius 1 is 1.33 bits per heavy atom. The maximum absolute atomic E-state index is 9.69. The van der Waals surface area contributed by atoms with Gasteiger partial charge in [-0.15, -0.1) is 0 Å². The second-order valence-electron chi connectivity index (χ2n) is 0.797. The molecule has 4 heteroatoms. The van der Waals surface area contributed by atoms with Crippen LogP contribution in [0.1, 0.15) is 13.8 Å². The molecule has 0 saturated heterocycles. The third kappa shape index (κ3) is 6.94. The van der Waals surface area contributed by atoms with Crippen LogP contribution >= 0.6 is 0 Å². The van der Waals surface area contributed by atoms with Gasteiger partial charge in [0.25, 0.3) is 0 Å². The van der Waals surface area contributed by atoms with Gasteiger partial charge >= 0.3 is 11.9 Å². The Morgan fingerprint density at radius 2 is 1.67 bits per heavy atom. The van der Waals surface area contributed by atoms with Crippen LogP contribution in [-0.4, -0.2) is 24.2 Å². The smallest absolute Gasteiger partial charge is 0.417 e. The topological polar surface area (TPSA) is 63.6 Å². The Labute approximate surface area is 53.4 Å². The number of hydrogen-bond acceptors (Lipinski definition) is 3. The van der Waals surface area contributed by atoms with Crippen molar-refractivity contribution in [2.24, 2.45) is 0 Å². The Bertz CT molecular complexity index is 97.1. The number of carboxylic acid groups (broad SMARTS) is 1. The van der Waals surface area contributed by atoms with Gasteiger partial charge in [0.05, 0.1) is 7.11 Å². The van der Waals surface area contributed by atoms with Crippen LogP contribution in [0.4, 0.5) is 0 Å². The summed E-state index contributed by atoms with van der Waals surface area (Å²) in [5.41, 5.74) is 0. The van der Waals surface area contributed by atoms with Crippen LogP contribution in [0.3, 0.4) is 0 Å². The molecule has 0 atom stereocenters. The molecule has 0 radical (unpaired) electrons. The number of ether oxygens (including phenoxy) is 1. The molecule has 0 aromatic carbocycles. The highest BCUT2D eigenvalue weighted by Crippen LogP contribution is 1.68. The maximum atomic E-state index is 9.69. The number of hydrogen-bond donors (Lipinski definition) is 1. The van der Waals surface area contributed by atoms with Crippen molar-refractivity contribution in [3.05, 3.63) is 0 Å². The third-order valence-corrected chi connectivity index (χ3v) is 0.360. The molecule has 0 aliphatic carbocycles. The number of carbonyl (C=O) groups is 2. The number of methoxy groups -OCH3 is 1.